The molecular formula is C45H63Cl4Zr-. The fraction of sp³-hybridized carbons (Fsp3) is 0.533. The Labute approximate surface area is 336 Å². The van der Waals surface area contributed by atoms with Crippen LogP contribution in [0.15, 0.2) is 78.4 Å². The van der Waals surface area contributed by atoms with E-state index in [1.54, 1.807) is 0 Å². The van der Waals surface area contributed by atoms with Gasteiger partial charge in [-0.25, -0.2) is 0 Å². The van der Waals surface area contributed by atoms with Gasteiger partial charge in [0, 0.05) is 10.4 Å². The van der Waals surface area contributed by atoms with Gasteiger partial charge in [0.1, 0.15) is 0 Å². The Balaban J connectivity index is 0.000000249. The number of hydrogen-bond donors (Lipinski definition) is 0. The Bertz CT molecular complexity index is 1380. The molecule has 276 valence electrons. The van der Waals surface area contributed by atoms with Crippen molar-refractivity contribution in [3.05, 3.63) is 108 Å². The van der Waals surface area contributed by atoms with E-state index in [0.717, 1.165) is 58.8 Å². The summed E-state index contributed by atoms with van der Waals surface area (Å²) >= 11 is 11.8. The average molecular weight is 837 g/mol. The van der Waals surface area contributed by atoms with Crippen LogP contribution in [-0.4, -0.2) is 5.38 Å². The third-order valence-electron chi connectivity index (χ3n) is 12.1. The zero-order valence-corrected chi connectivity index (χ0v) is 37.8. The number of hydrogen-bond acceptors (Lipinski definition) is 0. The Morgan fingerprint density at radius 1 is 0.680 bits per heavy atom. The minimum absolute atomic E-state index is 0. The Kier molecular flexibility index (Phi) is 20.6. The van der Waals surface area contributed by atoms with E-state index in [1.807, 2.05) is 19.9 Å². The molecule has 4 aliphatic carbocycles. The average Bonchev–Trinajstić information content (AvgIpc) is 3.72. The van der Waals surface area contributed by atoms with E-state index < -0.39 is 20.8 Å². The van der Waals surface area contributed by atoms with E-state index in [2.05, 4.69) is 121 Å². The molecule has 0 nitrogen and oxygen atoms in total. The summed E-state index contributed by atoms with van der Waals surface area (Å²) < 4.78 is 0. The number of allylic oxidation sites excluding steroid dienone is 1. The predicted octanol–water partition coefficient (Wildman–Crippen LogP) is 15.8. The predicted molar refractivity (Wildman–Crippen MR) is 223 cm³/mol. The quantitative estimate of drug-likeness (QED) is 0.178. The van der Waals surface area contributed by atoms with Gasteiger partial charge < -0.3 is 7.43 Å². The molecule has 0 spiro atoms. The first-order valence-corrected chi connectivity index (χ1v) is 25.8. The van der Waals surface area contributed by atoms with Gasteiger partial charge in [-0.15, -0.1) is 11.6 Å². The molecule has 3 saturated carbocycles. The molecule has 3 aromatic rings. The van der Waals surface area contributed by atoms with Gasteiger partial charge in [-0.1, -0.05) is 139 Å². The van der Waals surface area contributed by atoms with Crippen LogP contribution < -0.4 is 0 Å². The van der Waals surface area contributed by atoms with Crippen LogP contribution >= 0.6 is 40.2 Å². The summed E-state index contributed by atoms with van der Waals surface area (Å²) in [5.41, 5.74) is 8.10. The molecule has 50 heavy (non-hydrogen) atoms. The van der Waals surface area contributed by atoms with Crippen LogP contribution in [0.4, 0.5) is 0 Å². The fourth-order valence-corrected chi connectivity index (χ4v) is 9.66. The summed E-state index contributed by atoms with van der Waals surface area (Å²) in [7, 11) is 9.87. The van der Waals surface area contributed by atoms with Crippen LogP contribution in [0.5, 0.6) is 0 Å². The van der Waals surface area contributed by atoms with E-state index in [0.29, 0.717) is 11.3 Å². The Morgan fingerprint density at radius 3 is 1.70 bits per heavy atom. The molecule has 0 amide bonds. The van der Waals surface area contributed by atoms with E-state index in [-0.39, 0.29) is 7.43 Å². The van der Waals surface area contributed by atoms with Crippen LogP contribution in [0.25, 0.3) is 17.2 Å². The van der Waals surface area contributed by atoms with Gasteiger partial charge in [-0.3, -0.25) is 0 Å². The van der Waals surface area contributed by atoms with Gasteiger partial charge >= 0.3 is 37.9 Å². The number of fused-ring (bicyclic) bond motifs is 2. The van der Waals surface area contributed by atoms with Crippen LogP contribution in [0.1, 0.15) is 111 Å². The van der Waals surface area contributed by atoms with Crippen molar-refractivity contribution in [3.8, 4) is 11.1 Å². The molecule has 7 rings (SSSR count). The molecule has 5 atom stereocenters. The molecule has 0 aliphatic heterocycles. The van der Waals surface area contributed by atoms with Gasteiger partial charge in [0.25, 0.3) is 0 Å². The Hall–Kier alpha value is -0.557. The zero-order valence-electron chi connectivity index (χ0n) is 32.3. The zero-order chi connectivity index (χ0) is 36.2. The van der Waals surface area contributed by atoms with E-state index in [4.69, 9.17) is 40.2 Å². The molecule has 0 N–H and O–H groups in total. The van der Waals surface area contributed by atoms with Crippen LogP contribution in [0.3, 0.4) is 0 Å². The first-order chi connectivity index (χ1) is 23.4. The second-order valence-electron chi connectivity index (χ2n) is 15.0. The topological polar surface area (TPSA) is 0 Å². The van der Waals surface area contributed by atoms with Crippen molar-refractivity contribution in [1.82, 2.24) is 0 Å². The van der Waals surface area contributed by atoms with E-state index >= 15 is 0 Å². The summed E-state index contributed by atoms with van der Waals surface area (Å²) in [5, 5.41) is 1.21. The first kappa shape index (κ1) is 45.6. The second kappa shape index (κ2) is 22.6. The van der Waals surface area contributed by atoms with Gasteiger partial charge in [-0.05, 0) is 132 Å². The third-order valence-corrected chi connectivity index (χ3v) is 12.7. The van der Waals surface area contributed by atoms with Crippen LogP contribution in [0.2, 0.25) is 5.02 Å². The molecule has 4 aliphatic rings. The first-order valence-electron chi connectivity index (χ1n) is 18.6. The van der Waals surface area contributed by atoms with E-state index in [1.165, 1.54) is 59.1 Å². The fourth-order valence-electron chi connectivity index (χ4n) is 9.02. The minimum atomic E-state index is -0.826. The second-order valence-corrected chi connectivity index (χ2v) is 19.8. The molecule has 3 aromatic carbocycles. The maximum absolute atomic E-state index is 6.48. The summed E-state index contributed by atoms with van der Waals surface area (Å²) in [5.74, 6) is 8.06. The number of benzene rings is 3. The molecule has 0 bridgehead atoms. The maximum atomic E-state index is 6.48. The van der Waals surface area contributed by atoms with E-state index in [9.17, 15) is 0 Å². The number of halogens is 4. The van der Waals surface area contributed by atoms with Crippen molar-refractivity contribution in [2.24, 2.45) is 47.3 Å². The molecule has 0 heterocycles. The van der Waals surface area contributed by atoms with Gasteiger partial charge in [0.2, 0.25) is 0 Å². The van der Waals surface area contributed by atoms with Crippen LogP contribution in [-0.2, 0) is 27.3 Å². The molecule has 5 heteroatoms. The molecular weight excluding hydrogens is 774 g/mol. The monoisotopic (exact) mass is 833 g/mol. The summed E-state index contributed by atoms with van der Waals surface area (Å²) in [6, 6.07) is 25.6. The van der Waals surface area contributed by atoms with Crippen molar-refractivity contribution >= 4 is 46.3 Å². The van der Waals surface area contributed by atoms with Crippen LogP contribution in [0, 0.1) is 54.8 Å². The van der Waals surface area contributed by atoms with Crippen molar-refractivity contribution in [3.63, 3.8) is 0 Å². The van der Waals surface area contributed by atoms with Gasteiger partial charge in [0.05, 0.1) is 0 Å². The summed E-state index contributed by atoms with van der Waals surface area (Å²) in [4.78, 5) is 0. The number of rotatable bonds is 2. The Morgan fingerprint density at radius 2 is 1.18 bits per heavy atom. The molecule has 5 unspecified atom stereocenters. The SMILES string of the molecule is CC.CC1=Cc2cc(Cl)cc(-c3ccccc3)c2C1.CC1C(C)C(C)C(C)C1C.CC1CC2CC(Cl)CC(c3ccccc3)C2C1.[CH3-].[Cl][Zr][Cl]. The van der Waals surface area contributed by atoms with Crippen molar-refractivity contribution in [2.75, 3.05) is 0 Å². The van der Waals surface area contributed by atoms with Gasteiger partial charge in [0.15, 0.2) is 0 Å². The number of alkyl halides is 1. The molecule has 0 aromatic heterocycles. The standard InChI is InChI=1S/C16H21Cl.C16H13Cl.C10H20.C2H6.CH3.2ClH.Zr/c2*1-11-7-13-9-14(17)10-16(15(13)8-11)12-5-3-2-4-6-12;1-6-7(2)9(4)10(5)8(6)3;1-2;;;;/h2-6,11,13-16H,7-10H2,1H3;2-7,9-10H,8H2,1H3;6-10H,1-5H3;1-2H3;1H3;2*1H;/q;;;;-1;;;+2/p-2. The normalized spacial score (nSPS) is 30.1. The molecule has 0 radical (unpaired) electrons. The molecule has 3 fully saturated rings. The summed E-state index contributed by atoms with van der Waals surface area (Å²) in [6.45, 7) is 20.6. The van der Waals surface area contributed by atoms with Crippen molar-refractivity contribution in [2.45, 2.75) is 106 Å². The molecule has 0 saturated heterocycles. The van der Waals surface area contributed by atoms with Gasteiger partial charge in [-0.2, -0.15) is 0 Å². The third kappa shape index (κ3) is 12.2. The summed E-state index contributed by atoms with van der Waals surface area (Å²) in [6.07, 6.45) is 8.51. The van der Waals surface area contributed by atoms with Crippen molar-refractivity contribution in [1.29, 1.82) is 0 Å². The van der Waals surface area contributed by atoms with Crippen molar-refractivity contribution < 1.29 is 20.8 Å².